The first-order valence-electron chi connectivity index (χ1n) is 35.4. The van der Waals surface area contributed by atoms with Crippen molar-refractivity contribution < 1.29 is 18.8 Å². The molecule has 10 heteroatoms. The first-order valence-corrected chi connectivity index (χ1v) is 35.4. The molecule has 16 rings (SSSR count). The zero-order valence-corrected chi connectivity index (χ0v) is 53.2. The highest BCUT2D eigenvalue weighted by molar-refractivity contribution is 5.85. The molecule has 3 amide bonds. The number of nitrogens with one attached hydrogen (secondary N) is 5. The number of rotatable bonds is 17. The quantitative estimate of drug-likeness (QED) is 0.0796. The molecule has 86 heavy (non-hydrogen) atoms. The van der Waals surface area contributed by atoms with Crippen LogP contribution in [0.15, 0.2) is 78.9 Å². The summed E-state index contributed by atoms with van der Waals surface area (Å²) in [5.74, 6) is 2.39. The van der Waals surface area contributed by atoms with Crippen LogP contribution in [0.2, 0.25) is 0 Å². The second kappa shape index (κ2) is 22.4. The number of hydrogen-bond donors (Lipinski definition) is 6. The monoisotopic (exact) mass is 1170 g/mol. The fraction of sp³-hybridized carbons (Fsp3) is 0.724. The van der Waals surface area contributed by atoms with Gasteiger partial charge in [0.1, 0.15) is 6.17 Å². The molecule has 3 aromatic rings. The smallest absolute Gasteiger partial charge is 0.226 e. The van der Waals surface area contributed by atoms with Crippen LogP contribution in [0.1, 0.15) is 248 Å². The van der Waals surface area contributed by atoms with E-state index >= 15 is 9.18 Å². The lowest BCUT2D eigenvalue weighted by Gasteiger charge is -2.70. The fourth-order valence-corrected chi connectivity index (χ4v) is 24.7. The van der Waals surface area contributed by atoms with Crippen molar-refractivity contribution in [3.63, 3.8) is 0 Å². The largest absolute Gasteiger partial charge is 0.353 e. The molecule has 466 valence electrons. The van der Waals surface area contributed by atoms with Crippen molar-refractivity contribution in [2.24, 2.45) is 50.6 Å². The highest BCUT2D eigenvalue weighted by atomic mass is 19.1. The lowest BCUT2D eigenvalue weighted by Crippen LogP contribution is -2.67. The van der Waals surface area contributed by atoms with E-state index in [0.29, 0.717) is 60.9 Å². The summed E-state index contributed by atoms with van der Waals surface area (Å²) >= 11 is 0. The summed E-state index contributed by atoms with van der Waals surface area (Å²) in [6, 6.07) is 32.2. The first-order chi connectivity index (χ1) is 41.5. The minimum atomic E-state index is -1.06. The average Bonchev–Trinajstić information content (AvgIpc) is 0.685. The van der Waals surface area contributed by atoms with Crippen molar-refractivity contribution in [3.8, 4) is 0 Å². The van der Waals surface area contributed by atoms with Crippen molar-refractivity contribution in [3.05, 3.63) is 107 Å². The van der Waals surface area contributed by atoms with Crippen LogP contribution in [0.4, 0.5) is 4.39 Å². The van der Waals surface area contributed by atoms with Crippen LogP contribution in [0.3, 0.4) is 0 Å². The van der Waals surface area contributed by atoms with E-state index in [1.54, 1.807) is 0 Å². The molecule has 3 aromatic carbocycles. The van der Waals surface area contributed by atoms with E-state index in [2.05, 4.69) is 133 Å². The van der Waals surface area contributed by atoms with Crippen LogP contribution in [0.25, 0.3) is 0 Å². The number of hydrogen-bond acceptors (Lipinski definition) is 6. The van der Waals surface area contributed by atoms with Gasteiger partial charge in [0.05, 0.1) is 16.9 Å². The molecule has 0 radical (unpaired) electrons. The molecular weight excluding hydrogens is 1060 g/mol. The third kappa shape index (κ3) is 10.2. The number of alkyl halides is 1. The van der Waals surface area contributed by atoms with Gasteiger partial charge in [-0.05, 0) is 276 Å². The molecule has 10 bridgehead atoms. The number of halogens is 1. The maximum absolute atomic E-state index is 15.8. The van der Waals surface area contributed by atoms with Gasteiger partial charge in [0.15, 0.2) is 0 Å². The lowest BCUT2D eigenvalue weighted by atomic mass is 9.33. The Bertz CT molecular complexity index is 2990. The van der Waals surface area contributed by atoms with Crippen LogP contribution in [0.5, 0.6) is 0 Å². The van der Waals surface area contributed by atoms with Gasteiger partial charge in [-0.15, -0.1) is 0 Å². The second-order valence-corrected chi connectivity index (χ2v) is 32.9. The van der Waals surface area contributed by atoms with E-state index in [1.807, 2.05) is 0 Å². The number of piperidine rings is 2. The Morgan fingerprint density at radius 3 is 1.91 bits per heavy atom. The molecule has 12 unspecified atom stereocenters. The molecule has 7 N–H and O–H groups in total. The van der Waals surface area contributed by atoms with E-state index in [-0.39, 0.29) is 61.3 Å². The van der Waals surface area contributed by atoms with Crippen molar-refractivity contribution in [2.45, 2.75) is 272 Å². The topological polar surface area (TPSA) is 137 Å². The van der Waals surface area contributed by atoms with E-state index in [9.17, 15) is 9.59 Å². The van der Waals surface area contributed by atoms with Crippen LogP contribution in [-0.4, -0.2) is 74.2 Å². The number of nitrogens with two attached hydrogens (primary N) is 1. The minimum absolute atomic E-state index is 0.00155. The molecule has 13 aliphatic rings. The Morgan fingerprint density at radius 1 is 0.593 bits per heavy atom. The Morgan fingerprint density at radius 2 is 1.23 bits per heavy atom. The minimum Gasteiger partial charge on any atom is -0.353 e. The van der Waals surface area contributed by atoms with Gasteiger partial charge in [-0.3, -0.25) is 14.4 Å². The second-order valence-electron chi connectivity index (χ2n) is 32.9. The van der Waals surface area contributed by atoms with Gasteiger partial charge >= 0.3 is 0 Å². The average molecular weight is 1170 g/mol. The van der Waals surface area contributed by atoms with Crippen molar-refractivity contribution >= 4 is 17.7 Å². The molecule has 2 aliphatic heterocycles. The van der Waals surface area contributed by atoms with Gasteiger partial charge in [-0.25, -0.2) is 4.39 Å². The van der Waals surface area contributed by atoms with Crippen LogP contribution >= 0.6 is 0 Å². The van der Waals surface area contributed by atoms with Crippen molar-refractivity contribution in [1.82, 2.24) is 26.6 Å². The molecule has 13 fully saturated rings. The zero-order valence-electron chi connectivity index (χ0n) is 53.2. The molecule has 0 spiro atoms. The SMILES string of the molecule is CCC12CC3CC(C(=O)N[C@H]4CCN[C@@H](C)C4)(C1)CC(c1ccc(C45CC6(CC)CC(C(=O)N[C@H]7CC[C@H](CN)CC7)(CC(c7ccc(C8C(CCC(=O)N[C@@H]9CCNC[C@@H]9F)CC9(c%10ccccc%10)CCCC8(CC)C9)cc7)(C6)C4)C5)cc1)(C3)C2. The van der Waals surface area contributed by atoms with Gasteiger partial charge in [0.2, 0.25) is 17.7 Å². The normalized spacial score (nSPS) is 43.8. The summed E-state index contributed by atoms with van der Waals surface area (Å²) in [7, 11) is 0. The van der Waals surface area contributed by atoms with Gasteiger partial charge in [-0.2, -0.15) is 0 Å². The standard InChI is InChI=1S/C76H107FN6O3/c1-5-68-35-53-36-72(41-68,47-73(37-53,42-68)66(85)82-61-28-33-80-51(4)34-61)57-21-23-59(24-22-57)75-44-69(6-2)43-74(48-75,49-76(45-69,50-75)67(86)81-60-25-14-52(39-78)15-26-60)58-19-16-54(17-20-58)65-55(18-27-64(84)83-63-29-32-79-40-62(63)77)38-71(56-12-9-8-10-13-56)31-11-30-70(65,7-3)46-71/h8-10,12-13,16-17,19-24,51-53,55,60-63,65,79-80H,5-7,11,14-15,18,25-50,78H2,1-4H3,(H,81,86)(H,82,85)(H,83,84)/t51-,52-,53?,55?,60-,61-,62-,63+,65?,68?,69?,70?,71?,72?,73?,74?,75?,76?/m0/s1. The lowest BCUT2D eigenvalue weighted by molar-refractivity contribution is -0.170. The number of carbonyl (C=O) groups is 3. The van der Waals surface area contributed by atoms with Gasteiger partial charge < -0.3 is 32.3 Å². The Kier molecular flexibility index (Phi) is 15.5. The Labute approximate surface area is 515 Å². The number of benzene rings is 3. The summed E-state index contributed by atoms with van der Waals surface area (Å²) in [6.45, 7) is 12.3. The highest BCUT2D eigenvalue weighted by Gasteiger charge is 2.71. The first kappa shape index (κ1) is 59.5. The third-order valence-electron chi connectivity index (χ3n) is 27.7. The maximum atomic E-state index is 15.8. The van der Waals surface area contributed by atoms with Gasteiger partial charge in [0.25, 0.3) is 0 Å². The third-order valence-corrected chi connectivity index (χ3v) is 27.7. The Balaban J connectivity index is 0.804. The molecule has 9 nitrogen and oxygen atoms in total. The molecular formula is C76H107FN6O3. The van der Waals surface area contributed by atoms with E-state index < -0.39 is 17.6 Å². The molecule has 11 aliphatic carbocycles. The Hall–Kier alpha value is -4.12. The predicted molar refractivity (Wildman–Crippen MR) is 342 cm³/mol. The molecule has 11 saturated carbocycles. The number of amides is 3. The van der Waals surface area contributed by atoms with Crippen LogP contribution < -0.4 is 32.3 Å². The van der Waals surface area contributed by atoms with Crippen molar-refractivity contribution in [2.75, 3.05) is 26.2 Å². The maximum Gasteiger partial charge on any atom is 0.226 e. The van der Waals surface area contributed by atoms with E-state index in [1.165, 1.54) is 72.8 Å². The summed E-state index contributed by atoms with van der Waals surface area (Å²) < 4.78 is 15.1. The predicted octanol–water partition coefficient (Wildman–Crippen LogP) is 13.7. The molecule has 2 saturated heterocycles. The van der Waals surface area contributed by atoms with E-state index in [0.717, 1.165) is 148 Å². The van der Waals surface area contributed by atoms with Crippen LogP contribution in [0, 0.1) is 44.8 Å². The molecule has 16 atom stereocenters. The summed E-state index contributed by atoms with van der Waals surface area (Å²) in [6.07, 6.45) is 28.9. The van der Waals surface area contributed by atoms with Gasteiger partial charge in [0, 0.05) is 31.1 Å². The number of fused-ring (bicyclic) bond motifs is 2. The summed E-state index contributed by atoms with van der Waals surface area (Å²) in [4.78, 5) is 44.7. The molecule has 2 heterocycles. The van der Waals surface area contributed by atoms with E-state index in [4.69, 9.17) is 5.73 Å². The van der Waals surface area contributed by atoms with Gasteiger partial charge in [-0.1, -0.05) is 119 Å². The molecule has 0 aromatic heterocycles. The fourth-order valence-electron chi connectivity index (χ4n) is 24.7. The number of carbonyl (C=O) groups excluding carboxylic acids is 3. The van der Waals surface area contributed by atoms with Crippen molar-refractivity contribution in [1.29, 1.82) is 0 Å². The van der Waals surface area contributed by atoms with Crippen LogP contribution in [-0.2, 0) is 36.0 Å². The summed E-state index contributed by atoms with van der Waals surface area (Å²) in [5, 5.41) is 17.4. The summed E-state index contributed by atoms with van der Waals surface area (Å²) in [5.41, 5.74) is 12.7. The zero-order chi connectivity index (χ0) is 59.4. The highest BCUT2D eigenvalue weighted by Crippen LogP contribution is 2.76.